The van der Waals surface area contributed by atoms with Crippen LogP contribution >= 0.6 is 11.6 Å². The molecule has 9 nitrogen and oxygen atoms in total. The van der Waals surface area contributed by atoms with Crippen molar-refractivity contribution in [2.45, 2.75) is 25.3 Å². The molecule has 1 unspecified atom stereocenters. The van der Waals surface area contributed by atoms with Gasteiger partial charge in [0.25, 0.3) is 5.91 Å². The summed E-state index contributed by atoms with van der Waals surface area (Å²) < 4.78 is 12.4. The van der Waals surface area contributed by atoms with Crippen molar-refractivity contribution in [3.05, 3.63) is 81.4 Å². The van der Waals surface area contributed by atoms with E-state index in [0.29, 0.717) is 47.1 Å². The number of ether oxygens (including phenoxy) is 2. The van der Waals surface area contributed by atoms with Crippen LogP contribution in [0.1, 0.15) is 45.0 Å². The van der Waals surface area contributed by atoms with E-state index in [9.17, 15) is 14.7 Å². The summed E-state index contributed by atoms with van der Waals surface area (Å²) >= 11 is 6.37. The zero-order valence-corrected chi connectivity index (χ0v) is 22.0. The van der Waals surface area contributed by atoms with Crippen molar-refractivity contribution in [2.75, 3.05) is 20.8 Å². The molecule has 3 aromatic carbocycles. The molecule has 1 atom stereocenters. The van der Waals surface area contributed by atoms with E-state index in [1.54, 1.807) is 49.0 Å². The number of aryl methyl sites for hydroxylation is 1. The van der Waals surface area contributed by atoms with E-state index < -0.39 is 11.9 Å². The molecule has 0 spiro atoms. The number of benzene rings is 3. The average molecular weight is 535 g/mol. The number of rotatable bonds is 7. The fraction of sp³-hybridized carbons (Fsp3) is 0.286. The Kier molecular flexibility index (Phi) is 6.94. The van der Waals surface area contributed by atoms with Gasteiger partial charge in [0.1, 0.15) is 22.5 Å². The number of aliphatic carboxylic acids is 1. The predicted octanol–water partition coefficient (Wildman–Crippen LogP) is 4.44. The largest absolute Gasteiger partial charge is 0.497 e. The second-order valence-corrected chi connectivity index (χ2v) is 9.67. The molecule has 0 fully saturated rings. The Morgan fingerprint density at radius 3 is 2.66 bits per heavy atom. The van der Waals surface area contributed by atoms with Crippen LogP contribution < -0.4 is 9.47 Å². The quantitative estimate of drug-likeness (QED) is 0.373. The molecule has 1 aromatic heterocycles. The topological polar surface area (TPSA) is 107 Å². The molecule has 196 valence electrons. The van der Waals surface area contributed by atoms with E-state index in [4.69, 9.17) is 21.1 Å². The first-order valence-corrected chi connectivity index (χ1v) is 12.5. The number of carbonyl (C=O) groups excluding carboxylic acids is 1. The van der Waals surface area contributed by atoms with Crippen molar-refractivity contribution in [1.29, 1.82) is 0 Å². The van der Waals surface area contributed by atoms with Gasteiger partial charge in [0, 0.05) is 26.1 Å². The Morgan fingerprint density at radius 2 is 1.95 bits per heavy atom. The summed E-state index contributed by atoms with van der Waals surface area (Å²) in [5, 5.41) is 18.5. The molecule has 0 saturated heterocycles. The van der Waals surface area contributed by atoms with Crippen LogP contribution in [0.2, 0.25) is 5.02 Å². The van der Waals surface area contributed by atoms with Gasteiger partial charge < -0.3 is 19.5 Å². The molecule has 1 N–H and O–H groups in total. The molecule has 5 rings (SSSR count). The molecular weight excluding hydrogens is 508 g/mol. The van der Waals surface area contributed by atoms with Crippen LogP contribution in [0.4, 0.5) is 0 Å². The molecule has 1 amide bonds. The van der Waals surface area contributed by atoms with Crippen LogP contribution in [-0.4, -0.2) is 57.6 Å². The SMILES string of the molecule is COc1ccc(C(=O)N2CCc3c(cccc3C(CC(=O)O)c3cc(OC)c4c(c3)nnn4C)C2)c(Cl)c1. The Hall–Kier alpha value is -4.11. The van der Waals surface area contributed by atoms with E-state index in [1.807, 2.05) is 30.3 Å². The summed E-state index contributed by atoms with van der Waals surface area (Å²) in [5.74, 6) is -0.332. The van der Waals surface area contributed by atoms with Gasteiger partial charge in [-0.05, 0) is 59.0 Å². The molecule has 1 aliphatic rings. The highest BCUT2D eigenvalue weighted by Crippen LogP contribution is 2.38. The number of carboxylic acids is 1. The number of carboxylic acid groups (broad SMARTS) is 1. The van der Waals surface area contributed by atoms with Crippen molar-refractivity contribution in [1.82, 2.24) is 19.9 Å². The fourth-order valence-electron chi connectivity index (χ4n) is 5.22. The number of nitrogens with zero attached hydrogens (tertiary/aromatic N) is 4. The maximum atomic E-state index is 13.3. The molecular formula is C28H27ClN4O5. The number of carbonyl (C=O) groups is 2. The van der Waals surface area contributed by atoms with Gasteiger partial charge >= 0.3 is 5.97 Å². The van der Waals surface area contributed by atoms with Crippen LogP contribution in [0.25, 0.3) is 11.0 Å². The number of hydrogen-bond acceptors (Lipinski definition) is 6. The summed E-state index contributed by atoms with van der Waals surface area (Å²) in [7, 11) is 4.90. The lowest BCUT2D eigenvalue weighted by molar-refractivity contribution is -0.137. The van der Waals surface area contributed by atoms with Gasteiger partial charge in [0.05, 0.1) is 31.2 Å². The molecule has 4 aromatic rings. The summed E-state index contributed by atoms with van der Waals surface area (Å²) in [6.07, 6.45) is 0.487. The van der Waals surface area contributed by atoms with Gasteiger partial charge in [-0.1, -0.05) is 35.0 Å². The number of amides is 1. The minimum Gasteiger partial charge on any atom is -0.497 e. The van der Waals surface area contributed by atoms with Gasteiger partial charge in [0.15, 0.2) is 0 Å². The minimum absolute atomic E-state index is 0.102. The predicted molar refractivity (Wildman–Crippen MR) is 142 cm³/mol. The summed E-state index contributed by atoms with van der Waals surface area (Å²) in [5.41, 5.74) is 5.54. The maximum Gasteiger partial charge on any atom is 0.304 e. The van der Waals surface area contributed by atoms with Crippen molar-refractivity contribution in [3.8, 4) is 11.5 Å². The van der Waals surface area contributed by atoms with E-state index in [2.05, 4.69) is 10.3 Å². The highest BCUT2D eigenvalue weighted by Gasteiger charge is 2.29. The Balaban J connectivity index is 1.51. The number of halogens is 1. The second kappa shape index (κ2) is 10.3. The summed E-state index contributed by atoms with van der Waals surface area (Å²) in [4.78, 5) is 27.1. The first kappa shape index (κ1) is 25.5. The Bertz CT molecular complexity index is 1550. The van der Waals surface area contributed by atoms with Crippen LogP contribution in [0, 0.1) is 0 Å². The third-order valence-electron chi connectivity index (χ3n) is 7.06. The van der Waals surface area contributed by atoms with E-state index in [1.165, 1.54) is 0 Å². The molecule has 2 heterocycles. The zero-order chi connectivity index (χ0) is 27.0. The number of fused-ring (bicyclic) bond motifs is 2. The normalized spacial score (nSPS) is 13.7. The molecule has 10 heteroatoms. The van der Waals surface area contributed by atoms with Crippen molar-refractivity contribution in [3.63, 3.8) is 0 Å². The van der Waals surface area contributed by atoms with Crippen LogP contribution in [0.3, 0.4) is 0 Å². The lowest BCUT2D eigenvalue weighted by atomic mass is 9.82. The molecule has 0 bridgehead atoms. The number of aromatic nitrogens is 3. The maximum absolute atomic E-state index is 13.3. The van der Waals surface area contributed by atoms with Crippen LogP contribution in [0.5, 0.6) is 11.5 Å². The second-order valence-electron chi connectivity index (χ2n) is 9.26. The van der Waals surface area contributed by atoms with Crippen molar-refractivity contribution < 1.29 is 24.2 Å². The minimum atomic E-state index is -0.910. The van der Waals surface area contributed by atoms with Crippen molar-refractivity contribution in [2.24, 2.45) is 7.05 Å². The lowest BCUT2D eigenvalue weighted by Gasteiger charge is -2.32. The highest BCUT2D eigenvalue weighted by molar-refractivity contribution is 6.34. The molecule has 38 heavy (non-hydrogen) atoms. The molecule has 0 aliphatic carbocycles. The van der Waals surface area contributed by atoms with E-state index in [0.717, 1.165) is 27.8 Å². The monoisotopic (exact) mass is 534 g/mol. The standard InChI is InChI=1S/C28H27ClN4O5/c1-32-27-24(30-31-32)11-17(12-25(27)38-3)22(14-26(34)35)20-6-4-5-16-15-33(10-9-19(16)20)28(36)21-8-7-18(37-2)13-23(21)29/h4-8,11-13,22H,9-10,14-15H2,1-3H3,(H,34,35). The molecule has 0 radical (unpaired) electrons. The van der Waals surface area contributed by atoms with Crippen LogP contribution in [0.15, 0.2) is 48.5 Å². The first-order valence-electron chi connectivity index (χ1n) is 12.1. The summed E-state index contributed by atoms with van der Waals surface area (Å²) in [6, 6.07) is 14.6. The molecule has 0 saturated carbocycles. The van der Waals surface area contributed by atoms with Crippen LogP contribution in [-0.2, 0) is 24.8 Å². The summed E-state index contributed by atoms with van der Waals surface area (Å²) in [6.45, 7) is 0.883. The Labute approximate surface area is 224 Å². The first-order chi connectivity index (χ1) is 18.3. The lowest BCUT2D eigenvalue weighted by Crippen LogP contribution is -2.36. The van der Waals surface area contributed by atoms with E-state index in [-0.39, 0.29) is 12.3 Å². The third-order valence-corrected chi connectivity index (χ3v) is 7.37. The number of hydrogen-bond donors (Lipinski definition) is 1. The van der Waals surface area contributed by atoms with Crippen molar-refractivity contribution >= 4 is 34.5 Å². The smallest absolute Gasteiger partial charge is 0.304 e. The van der Waals surface area contributed by atoms with Gasteiger partial charge in [-0.25, -0.2) is 4.68 Å². The van der Waals surface area contributed by atoms with E-state index >= 15 is 0 Å². The average Bonchev–Trinajstić information content (AvgIpc) is 3.30. The zero-order valence-electron chi connectivity index (χ0n) is 21.3. The highest BCUT2D eigenvalue weighted by atomic mass is 35.5. The van der Waals surface area contributed by atoms with Gasteiger partial charge in [-0.3, -0.25) is 9.59 Å². The number of methoxy groups -OCH3 is 2. The fourth-order valence-corrected chi connectivity index (χ4v) is 5.47. The van der Waals surface area contributed by atoms with Gasteiger partial charge in [-0.15, -0.1) is 5.10 Å². The third kappa shape index (κ3) is 4.65. The molecule has 1 aliphatic heterocycles. The van der Waals surface area contributed by atoms with Gasteiger partial charge in [-0.2, -0.15) is 0 Å². The Morgan fingerprint density at radius 1 is 1.13 bits per heavy atom. The van der Waals surface area contributed by atoms with Gasteiger partial charge in [0.2, 0.25) is 0 Å².